The van der Waals surface area contributed by atoms with Gasteiger partial charge in [0, 0.05) is 29.8 Å². The van der Waals surface area contributed by atoms with Gasteiger partial charge in [0.25, 0.3) is 0 Å². The normalized spacial score (nSPS) is 18.1. The second-order valence-electron chi connectivity index (χ2n) is 4.84. The molecule has 104 valence electrons. The zero-order valence-electron chi connectivity index (χ0n) is 11.9. The highest BCUT2D eigenvalue weighted by Gasteiger charge is 2.24. The van der Waals surface area contributed by atoms with Crippen LogP contribution in [0.4, 0.5) is 5.69 Å². The molecule has 3 nitrogen and oxygen atoms in total. The van der Waals surface area contributed by atoms with Gasteiger partial charge in [-0.1, -0.05) is 19.1 Å². The number of amides is 1. The molecule has 0 bridgehead atoms. The van der Waals surface area contributed by atoms with E-state index in [2.05, 4.69) is 30.0 Å². The third-order valence-corrected chi connectivity index (χ3v) is 4.60. The lowest BCUT2D eigenvalue weighted by molar-refractivity contribution is -0.129. The Labute approximate surface area is 120 Å². The van der Waals surface area contributed by atoms with E-state index in [0.29, 0.717) is 11.8 Å². The van der Waals surface area contributed by atoms with E-state index in [1.165, 1.54) is 10.6 Å². The maximum Gasteiger partial charge on any atom is 0.242 e. The molecule has 1 amide bonds. The van der Waals surface area contributed by atoms with Gasteiger partial charge in [0.2, 0.25) is 5.91 Å². The van der Waals surface area contributed by atoms with E-state index in [1.807, 2.05) is 36.6 Å². The molecule has 1 aliphatic heterocycles. The number of benzene rings is 1. The SMILES string of the molecule is CCN(CC)C(=O)CN1CC(C)Sc2ccccc21. The summed E-state index contributed by atoms with van der Waals surface area (Å²) in [5.74, 6) is 0.221. The van der Waals surface area contributed by atoms with Gasteiger partial charge in [-0.3, -0.25) is 4.79 Å². The van der Waals surface area contributed by atoms with Crippen LogP contribution in [0.25, 0.3) is 0 Å². The Kier molecular flexibility index (Phi) is 4.75. The third-order valence-electron chi connectivity index (χ3n) is 3.45. The smallest absolute Gasteiger partial charge is 0.242 e. The lowest BCUT2D eigenvalue weighted by Gasteiger charge is -2.35. The second kappa shape index (κ2) is 6.33. The van der Waals surface area contributed by atoms with Crippen LogP contribution in [0.5, 0.6) is 0 Å². The van der Waals surface area contributed by atoms with E-state index in [1.54, 1.807) is 0 Å². The minimum Gasteiger partial charge on any atom is -0.360 e. The monoisotopic (exact) mass is 278 g/mol. The third kappa shape index (κ3) is 3.24. The van der Waals surface area contributed by atoms with Crippen molar-refractivity contribution in [3.63, 3.8) is 0 Å². The van der Waals surface area contributed by atoms with Crippen molar-refractivity contribution in [2.24, 2.45) is 0 Å². The van der Waals surface area contributed by atoms with E-state index in [0.717, 1.165) is 19.6 Å². The van der Waals surface area contributed by atoms with Crippen LogP contribution in [-0.4, -0.2) is 42.2 Å². The van der Waals surface area contributed by atoms with Crippen LogP contribution in [0.3, 0.4) is 0 Å². The van der Waals surface area contributed by atoms with Crippen molar-refractivity contribution in [2.45, 2.75) is 30.9 Å². The summed E-state index contributed by atoms with van der Waals surface area (Å²) in [5, 5.41) is 0.527. The molecule has 0 saturated heterocycles. The minimum absolute atomic E-state index is 0.221. The lowest BCUT2D eigenvalue weighted by atomic mass is 10.2. The molecule has 1 aliphatic rings. The molecule has 0 spiro atoms. The summed E-state index contributed by atoms with van der Waals surface area (Å²) in [6, 6.07) is 8.37. The first-order chi connectivity index (χ1) is 9.15. The number of anilines is 1. The van der Waals surface area contributed by atoms with Gasteiger partial charge >= 0.3 is 0 Å². The maximum atomic E-state index is 12.3. The number of carbonyl (C=O) groups is 1. The molecular weight excluding hydrogens is 256 g/mol. The zero-order valence-corrected chi connectivity index (χ0v) is 12.7. The first-order valence-electron chi connectivity index (χ1n) is 6.94. The molecule has 1 heterocycles. The summed E-state index contributed by atoms with van der Waals surface area (Å²) in [4.78, 5) is 17.7. The van der Waals surface area contributed by atoms with Crippen molar-refractivity contribution in [1.29, 1.82) is 0 Å². The Hall–Kier alpha value is -1.16. The van der Waals surface area contributed by atoms with Crippen LogP contribution < -0.4 is 4.90 Å². The molecule has 1 aromatic rings. The number of para-hydroxylation sites is 1. The van der Waals surface area contributed by atoms with Crippen molar-refractivity contribution < 1.29 is 4.79 Å². The average molecular weight is 278 g/mol. The fourth-order valence-corrected chi connectivity index (χ4v) is 3.63. The second-order valence-corrected chi connectivity index (χ2v) is 6.32. The number of fused-ring (bicyclic) bond motifs is 1. The van der Waals surface area contributed by atoms with Crippen molar-refractivity contribution in [1.82, 2.24) is 4.90 Å². The van der Waals surface area contributed by atoms with Gasteiger partial charge < -0.3 is 9.80 Å². The van der Waals surface area contributed by atoms with E-state index in [-0.39, 0.29) is 5.91 Å². The molecule has 0 fully saturated rings. The Morgan fingerprint density at radius 2 is 2.05 bits per heavy atom. The Bertz CT molecular complexity index is 446. The first kappa shape index (κ1) is 14.3. The van der Waals surface area contributed by atoms with Crippen LogP contribution in [-0.2, 0) is 4.79 Å². The van der Waals surface area contributed by atoms with Crippen LogP contribution >= 0.6 is 11.8 Å². The molecule has 0 aliphatic carbocycles. The topological polar surface area (TPSA) is 23.6 Å². The van der Waals surface area contributed by atoms with Crippen LogP contribution in [0.2, 0.25) is 0 Å². The molecule has 19 heavy (non-hydrogen) atoms. The Balaban J connectivity index is 2.15. The van der Waals surface area contributed by atoms with Gasteiger partial charge in [0.15, 0.2) is 0 Å². The molecular formula is C15H22N2OS. The number of thioether (sulfide) groups is 1. The number of nitrogens with zero attached hydrogens (tertiary/aromatic N) is 2. The molecule has 1 atom stereocenters. The predicted octanol–water partition coefficient (Wildman–Crippen LogP) is 2.86. The van der Waals surface area contributed by atoms with E-state index < -0.39 is 0 Å². The molecule has 2 rings (SSSR count). The number of likely N-dealkylation sites (N-methyl/N-ethyl adjacent to an activating group) is 1. The van der Waals surface area contributed by atoms with Crippen molar-refractivity contribution in [3.05, 3.63) is 24.3 Å². The minimum atomic E-state index is 0.221. The molecule has 0 N–H and O–H groups in total. The molecule has 1 unspecified atom stereocenters. The number of hydrogen-bond acceptors (Lipinski definition) is 3. The maximum absolute atomic E-state index is 12.3. The predicted molar refractivity (Wildman–Crippen MR) is 81.9 cm³/mol. The number of rotatable bonds is 4. The molecule has 0 radical (unpaired) electrons. The van der Waals surface area contributed by atoms with Gasteiger partial charge in [0.1, 0.15) is 0 Å². The zero-order chi connectivity index (χ0) is 13.8. The van der Waals surface area contributed by atoms with Crippen LogP contribution in [0.1, 0.15) is 20.8 Å². The lowest BCUT2D eigenvalue weighted by Crippen LogP contribution is -2.43. The molecule has 1 aromatic carbocycles. The first-order valence-corrected chi connectivity index (χ1v) is 7.82. The fraction of sp³-hybridized carbons (Fsp3) is 0.533. The molecule has 0 aromatic heterocycles. The van der Waals surface area contributed by atoms with Crippen molar-refractivity contribution in [3.8, 4) is 0 Å². The van der Waals surface area contributed by atoms with Crippen molar-refractivity contribution in [2.75, 3.05) is 31.1 Å². The highest BCUT2D eigenvalue weighted by molar-refractivity contribution is 8.00. The largest absolute Gasteiger partial charge is 0.360 e. The van der Waals surface area contributed by atoms with E-state index in [4.69, 9.17) is 0 Å². The summed E-state index contributed by atoms with van der Waals surface area (Å²) in [6.45, 7) is 9.28. The Morgan fingerprint density at radius 1 is 1.37 bits per heavy atom. The fourth-order valence-electron chi connectivity index (χ4n) is 2.47. The van der Waals surface area contributed by atoms with Crippen molar-refractivity contribution >= 4 is 23.4 Å². The van der Waals surface area contributed by atoms with Gasteiger partial charge in [-0.15, -0.1) is 11.8 Å². The molecule has 4 heteroatoms. The van der Waals surface area contributed by atoms with Crippen LogP contribution in [0, 0.1) is 0 Å². The Morgan fingerprint density at radius 3 is 2.74 bits per heavy atom. The standard InChI is InChI=1S/C15H22N2OS/c1-4-16(5-2)15(18)11-17-10-12(3)19-14-9-7-6-8-13(14)17/h6-9,12H,4-5,10-11H2,1-3H3. The quantitative estimate of drug-likeness (QED) is 0.846. The van der Waals surface area contributed by atoms with Gasteiger partial charge in [-0.25, -0.2) is 0 Å². The highest BCUT2D eigenvalue weighted by atomic mass is 32.2. The van der Waals surface area contributed by atoms with E-state index >= 15 is 0 Å². The highest BCUT2D eigenvalue weighted by Crippen LogP contribution is 2.37. The average Bonchev–Trinajstić information content (AvgIpc) is 2.40. The summed E-state index contributed by atoms with van der Waals surface area (Å²) >= 11 is 1.90. The van der Waals surface area contributed by atoms with Gasteiger partial charge in [0.05, 0.1) is 12.2 Å². The van der Waals surface area contributed by atoms with Gasteiger partial charge in [-0.05, 0) is 26.0 Å². The van der Waals surface area contributed by atoms with E-state index in [9.17, 15) is 4.79 Å². The number of carbonyl (C=O) groups excluding carboxylic acids is 1. The van der Waals surface area contributed by atoms with Crippen LogP contribution in [0.15, 0.2) is 29.2 Å². The molecule has 0 saturated carbocycles. The van der Waals surface area contributed by atoms with Gasteiger partial charge in [-0.2, -0.15) is 0 Å². The number of hydrogen-bond donors (Lipinski definition) is 0. The summed E-state index contributed by atoms with van der Waals surface area (Å²) in [7, 11) is 0. The summed E-state index contributed by atoms with van der Waals surface area (Å²) < 4.78 is 0. The summed E-state index contributed by atoms with van der Waals surface area (Å²) in [5.41, 5.74) is 1.20. The summed E-state index contributed by atoms with van der Waals surface area (Å²) in [6.07, 6.45) is 0.